The van der Waals surface area contributed by atoms with Gasteiger partial charge in [-0.05, 0) is 42.3 Å². The third-order valence-corrected chi connectivity index (χ3v) is 3.18. The van der Waals surface area contributed by atoms with Crippen LogP contribution in [-0.4, -0.2) is 12.9 Å². The summed E-state index contributed by atoms with van der Waals surface area (Å²) in [5.74, 6) is 0.784. The molecule has 0 aliphatic heterocycles. The smallest absolute Gasteiger partial charge is 0.119 e. The van der Waals surface area contributed by atoms with E-state index in [1.54, 1.807) is 24.3 Å². The van der Waals surface area contributed by atoms with E-state index in [0.717, 1.165) is 31.3 Å². The summed E-state index contributed by atoms with van der Waals surface area (Å²) in [6.45, 7) is 0.707. The highest BCUT2D eigenvalue weighted by Crippen LogP contribution is 2.18. The zero-order chi connectivity index (χ0) is 14.5. The normalized spacial score (nSPS) is 10.2. The summed E-state index contributed by atoms with van der Waals surface area (Å²) in [4.78, 5) is 20.4. The fourth-order valence-corrected chi connectivity index (χ4v) is 2.01. The molecule has 0 heterocycles. The molecule has 4 heteroatoms. The van der Waals surface area contributed by atoms with Gasteiger partial charge < -0.3 is 9.53 Å². The summed E-state index contributed by atoms with van der Waals surface area (Å²) >= 11 is 0. The molecule has 0 atom stereocenters. The first-order valence-corrected chi connectivity index (χ1v) is 7.36. The Labute approximate surface area is 120 Å². The second kappa shape index (κ2) is 11.1. The zero-order valence-corrected chi connectivity index (χ0v) is 11.9. The molecule has 0 saturated heterocycles. The Morgan fingerprint density at radius 3 is 2.10 bits per heavy atom. The van der Waals surface area contributed by atoms with Crippen LogP contribution in [0.5, 0.6) is 5.75 Å². The Morgan fingerprint density at radius 1 is 0.900 bits per heavy atom. The van der Waals surface area contributed by atoms with Crippen molar-refractivity contribution in [3.63, 3.8) is 0 Å². The van der Waals surface area contributed by atoms with Gasteiger partial charge in [-0.15, -0.1) is 4.91 Å². The maximum Gasteiger partial charge on any atom is 0.119 e. The Balaban J connectivity index is 1.93. The van der Waals surface area contributed by atoms with Gasteiger partial charge >= 0.3 is 0 Å². The molecule has 110 valence electrons. The molecule has 0 fully saturated rings. The van der Waals surface area contributed by atoms with Crippen molar-refractivity contribution in [1.82, 2.24) is 0 Å². The van der Waals surface area contributed by atoms with Gasteiger partial charge in [0.05, 0.1) is 6.61 Å². The molecule has 0 spiro atoms. The molecule has 0 unspecified atom stereocenters. The predicted molar refractivity (Wildman–Crippen MR) is 80.4 cm³/mol. The van der Waals surface area contributed by atoms with E-state index in [1.807, 2.05) is 0 Å². The van der Waals surface area contributed by atoms with E-state index in [1.165, 1.54) is 25.7 Å². The lowest BCUT2D eigenvalue weighted by atomic mass is 10.1. The van der Waals surface area contributed by atoms with Crippen molar-refractivity contribution in [2.24, 2.45) is 5.18 Å². The minimum Gasteiger partial charge on any atom is -0.494 e. The minimum absolute atomic E-state index is 0.423. The quantitative estimate of drug-likeness (QED) is 0.314. The Bertz CT molecular complexity index is 376. The van der Waals surface area contributed by atoms with Crippen LogP contribution < -0.4 is 4.74 Å². The van der Waals surface area contributed by atoms with E-state index in [4.69, 9.17) is 4.74 Å². The van der Waals surface area contributed by atoms with Crippen molar-refractivity contribution in [2.75, 3.05) is 6.61 Å². The van der Waals surface area contributed by atoms with E-state index >= 15 is 0 Å². The summed E-state index contributed by atoms with van der Waals surface area (Å²) in [6.07, 6.45) is 9.77. The average Bonchev–Trinajstić information content (AvgIpc) is 2.50. The van der Waals surface area contributed by atoms with Gasteiger partial charge in [-0.25, -0.2) is 0 Å². The highest BCUT2D eigenvalue weighted by Gasteiger charge is 1.96. The number of ether oxygens (including phenoxy) is 1. The topological polar surface area (TPSA) is 55.7 Å². The van der Waals surface area contributed by atoms with Crippen LogP contribution in [0.3, 0.4) is 0 Å². The molecule has 0 aliphatic carbocycles. The highest BCUT2D eigenvalue weighted by atomic mass is 16.5. The molecule has 1 aromatic carbocycles. The van der Waals surface area contributed by atoms with Crippen LogP contribution in [0, 0.1) is 4.91 Å². The van der Waals surface area contributed by atoms with Crippen LogP contribution >= 0.6 is 0 Å². The summed E-state index contributed by atoms with van der Waals surface area (Å²) in [7, 11) is 0. The van der Waals surface area contributed by atoms with E-state index in [2.05, 4.69) is 5.18 Å². The van der Waals surface area contributed by atoms with Crippen LogP contribution in [0.15, 0.2) is 29.4 Å². The standard InChI is InChI=1S/C16H23NO3/c18-13-7-5-3-1-2-4-6-8-14-20-16-11-9-15(17-19)10-12-16/h9-13H,1-8,14H2. The largest absolute Gasteiger partial charge is 0.494 e. The third kappa shape index (κ3) is 7.67. The molecular weight excluding hydrogens is 254 g/mol. The SMILES string of the molecule is O=CCCCCCCCCCOc1ccc(N=O)cc1. The van der Waals surface area contributed by atoms with Crippen molar-refractivity contribution in [3.05, 3.63) is 29.2 Å². The average molecular weight is 277 g/mol. The number of rotatable bonds is 12. The first-order chi connectivity index (χ1) is 9.86. The lowest BCUT2D eigenvalue weighted by Crippen LogP contribution is -1.96. The number of hydrogen-bond donors (Lipinski definition) is 0. The maximum absolute atomic E-state index is 10.3. The first-order valence-electron chi connectivity index (χ1n) is 7.36. The number of unbranched alkanes of at least 4 members (excludes halogenated alkanes) is 7. The number of aldehydes is 1. The predicted octanol–water partition coefficient (Wildman–Crippen LogP) is 4.78. The number of nitroso groups, excluding NO2 is 1. The number of hydrogen-bond acceptors (Lipinski definition) is 4. The van der Waals surface area contributed by atoms with Gasteiger partial charge in [0.2, 0.25) is 0 Å². The molecule has 1 aromatic rings. The molecule has 0 bridgehead atoms. The van der Waals surface area contributed by atoms with Crippen LogP contribution in [-0.2, 0) is 4.79 Å². The van der Waals surface area contributed by atoms with Crippen LogP contribution in [0.25, 0.3) is 0 Å². The van der Waals surface area contributed by atoms with Crippen molar-refractivity contribution >= 4 is 12.0 Å². The second-order valence-electron chi connectivity index (χ2n) is 4.86. The van der Waals surface area contributed by atoms with Gasteiger partial charge in [-0.2, -0.15) is 0 Å². The van der Waals surface area contributed by atoms with Gasteiger partial charge in [-0.3, -0.25) is 0 Å². The van der Waals surface area contributed by atoms with Crippen molar-refractivity contribution < 1.29 is 9.53 Å². The molecule has 0 aromatic heterocycles. The number of benzene rings is 1. The molecule has 0 amide bonds. The van der Waals surface area contributed by atoms with Gasteiger partial charge in [-0.1, -0.05) is 32.1 Å². The Morgan fingerprint density at radius 2 is 1.50 bits per heavy atom. The summed E-state index contributed by atoms with van der Waals surface area (Å²) in [6, 6.07) is 6.84. The Hall–Kier alpha value is -1.71. The fraction of sp³-hybridized carbons (Fsp3) is 0.562. The zero-order valence-electron chi connectivity index (χ0n) is 11.9. The Kier molecular flexibility index (Phi) is 9.11. The van der Waals surface area contributed by atoms with Crippen molar-refractivity contribution in [2.45, 2.75) is 51.4 Å². The van der Waals surface area contributed by atoms with Gasteiger partial charge in [0.1, 0.15) is 17.7 Å². The molecule has 4 nitrogen and oxygen atoms in total. The third-order valence-electron chi connectivity index (χ3n) is 3.18. The van der Waals surface area contributed by atoms with Crippen molar-refractivity contribution in [3.8, 4) is 5.75 Å². The number of nitrogens with zero attached hydrogens (tertiary/aromatic N) is 1. The van der Waals surface area contributed by atoms with Gasteiger partial charge in [0.15, 0.2) is 0 Å². The second-order valence-corrected chi connectivity index (χ2v) is 4.86. The molecule has 0 aliphatic rings. The van der Waals surface area contributed by atoms with Gasteiger partial charge in [0, 0.05) is 6.42 Å². The maximum atomic E-state index is 10.3. The van der Waals surface area contributed by atoms with Crippen LogP contribution in [0.1, 0.15) is 51.4 Å². The van der Waals surface area contributed by atoms with E-state index in [9.17, 15) is 9.70 Å². The summed E-state index contributed by atoms with van der Waals surface area (Å²) in [5, 5.41) is 2.84. The molecule has 0 N–H and O–H groups in total. The molecule has 0 radical (unpaired) electrons. The molecule has 20 heavy (non-hydrogen) atoms. The number of carbonyl (C=O) groups is 1. The van der Waals surface area contributed by atoms with Crippen molar-refractivity contribution in [1.29, 1.82) is 0 Å². The monoisotopic (exact) mass is 277 g/mol. The summed E-state index contributed by atoms with van der Waals surface area (Å²) < 4.78 is 5.58. The first kappa shape index (κ1) is 16.3. The van der Waals surface area contributed by atoms with E-state index in [0.29, 0.717) is 18.7 Å². The highest BCUT2D eigenvalue weighted by molar-refractivity contribution is 5.48. The van der Waals surface area contributed by atoms with Crippen LogP contribution in [0.2, 0.25) is 0 Å². The number of carbonyl (C=O) groups excluding carboxylic acids is 1. The summed E-state index contributed by atoms with van der Waals surface area (Å²) in [5.41, 5.74) is 0.423. The lowest BCUT2D eigenvalue weighted by molar-refractivity contribution is -0.107. The fourth-order valence-electron chi connectivity index (χ4n) is 2.01. The lowest BCUT2D eigenvalue weighted by Gasteiger charge is -2.06. The minimum atomic E-state index is 0.423. The van der Waals surface area contributed by atoms with Crippen LogP contribution in [0.4, 0.5) is 5.69 Å². The van der Waals surface area contributed by atoms with E-state index < -0.39 is 0 Å². The molecule has 0 saturated carbocycles. The van der Waals surface area contributed by atoms with E-state index in [-0.39, 0.29) is 0 Å². The molecule has 1 rings (SSSR count). The molecular formula is C16H23NO3. The van der Waals surface area contributed by atoms with Gasteiger partial charge in [0.25, 0.3) is 0 Å².